The molecule has 0 aliphatic rings. The highest BCUT2D eigenvalue weighted by molar-refractivity contribution is 8.00. The number of rotatable bonds is 6. The third-order valence-corrected chi connectivity index (χ3v) is 4.38. The maximum absolute atomic E-state index is 10.7. The summed E-state index contributed by atoms with van der Waals surface area (Å²) in [6.45, 7) is 3.51. The van der Waals surface area contributed by atoms with E-state index in [2.05, 4.69) is 4.98 Å². The fourth-order valence-electron chi connectivity index (χ4n) is 1.10. The number of thiazole rings is 1. The quantitative estimate of drug-likeness (QED) is 0.605. The minimum absolute atomic E-state index is 0.486. The van der Waals surface area contributed by atoms with Crippen molar-refractivity contribution in [3.63, 3.8) is 0 Å². The summed E-state index contributed by atoms with van der Waals surface area (Å²) in [4.78, 5) is 15.1. The molecule has 0 spiro atoms. The Morgan fingerprint density at radius 2 is 2.44 bits per heavy atom. The summed E-state index contributed by atoms with van der Waals surface area (Å²) in [5.41, 5.74) is 5.54. The van der Waals surface area contributed by atoms with Crippen LogP contribution in [0.25, 0.3) is 0 Å². The fourth-order valence-corrected chi connectivity index (χ4v) is 2.96. The SMILES string of the molecule is Cc1csc(SCCCC(C)(N)C(=O)O)n1. The summed E-state index contributed by atoms with van der Waals surface area (Å²) in [7, 11) is 0. The van der Waals surface area contributed by atoms with Crippen molar-refractivity contribution in [2.45, 2.75) is 36.6 Å². The van der Waals surface area contributed by atoms with Gasteiger partial charge >= 0.3 is 5.97 Å². The predicted molar refractivity (Wildman–Crippen MR) is 67.0 cm³/mol. The zero-order valence-electron chi connectivity index (χ0n) is 9.40. The van der Waals surface area contributed by atoms with Crippen molar-refractivity contribution in [3.05, 3.63) is 11.1 Å². The Morgan fingerprint density at radius 1 is 1.75 bits per heavy atom. The summed E-state index contributed by atoms with van der Waals surface area (Å²) in [5, 5.41) is 10.8. The van der Waals surface area contributed by atoms with Crippen LogP contribution in [0.1, 0.15) is 25.5 Å². The molecule has 0 bridgehead atoms. The van der Waals surface area contributed by atoms with Crippen LogP contribution in [0.2, 0.25) is 0 Å². The first-order valence-corrected chi connectivity index (χ1v) is 6.85. The second-order valence-corrected chi connectivity index (χ2v) is 6.13. The highest BCUT2D eigenvalue weighted by Gasteiger charge is 2.26. The monoisotopic (exact) mass is 260 g/mol. The number of nitrogens with two attached hydrogens (primary N) is 1. The summed E-state index contributed by atoms with van der Waals surface area (Å²) < 4.78 is 1.03. The topological polar surface area (TPSA) is 76.2 Å². The summed E-state index contributed by atoms with van der Waals surface area (Å²) in [6.07, 6.45) is 1.27. The number of carboxylic acids is 1. The van der Waals surface area contributed by atoms with Gasteiger partial charge in [-0.1, -0.05) is 11.8 Å². The van der Waals surface area contributed by atoms with Gasteiger partial charge in [0.2, 0.25) is 0 Å². The van der Waals surface area contributed by atoms with E-state index in [4.69, 9.17) is 10.8 Å². The maximum Gasteiger partial charge on any atom is 0.323 e. The molecular formula is C10H16N2O2S2. The summed E-state index contributed by atoms with van der Waals surface area (Å²) >= 11 is 3.27. The van der Waals surface area contributed by atoms with Crippen LogP contribution in [0.5, 0.6) is 0 Å². The lowest BCUT2D eigenvalue weighted by Gasteiger charge is -2.18. The lowest BCUT2D eigenvalue weighted by Crippen LogP contribution is -2.44. The molecule has 16 heavy (non-hydrogen) atoms. The molecular weight excluding hydrogens is 244 g/mol. The first kappa shape index (κ1) is 13.5. The average molecular weight is 260 g/mol. The predicted octanol–water partition coefficient (Wildman–Crippen LogP) is 2.13. The van der Waals surface area contributed by atoms with Crippen molar-refractivity contribution in [1.29, 1.82) is 0 Å². The van der Waals surface area contributed by atoms with E-state index >= 15 is 0 Å². The van der Waals surface area contributed by atoms with Gasteiger partial charge < -0.3 is 10.8 Å². The van der Waals surface area contributed by atoms with E-state index in [9.17, 15) is 4.79 Å². The van der Waals surface area contributed by atoms with Gasteiger partial charge in [0, 0.05) is 16.8 Å². The van der Waals surface area contributed by atoms with Crippen molar-refractivity contribution in [2.75, 3.05) is 5.75 Å². The molecule has 0 aliphatic carbocycles. The lowest BCUT2D eigenvalue weighted by molar-refractivity contribution is -0.142. The lowest BCUT2D eigenvalue weighted by atomic mass is 9.98. The van der Waals surface area contributed by atoms with Crippen molar-refractivity contribution >= 4 is 29.1 Å². The number of hydrogen-bond acceptors (Lipinski definition) is 5. The fraction of sp³-hybridized carbons (Fsp3) is 0.600. The molecule has 4 nitrogen and oxygen atoms in total. The van der Waals surface area contributed by atoms with Crippen LogP contribution in [0.15, 0.2) is 9.72 Å². The Hall–Kier alpha value is -0.590. The molecule has 0 saturated heterocycles. The zero-order chi connectivity index (χ0) is 12.2. The van der Waals surface area contributed by atoms with Gasteiger partial charge in [-0.25, -0.2) is 4.98 Å². The van der Waals surface area contributed by atoms with E-state index in [1.165, 1.54) is 0 Å². The normalized spacial score (nSPS) is 14.7. The van der Waals surface area contributed by atoms with Crippen LogP contribution < -0.4 is 5.73 Å². The molecule has 1 unspecified atom stereocenters. The highest BCUT2D eigenvalue weighted by atomic mass is 32.2. The van der Waals surface area contributed by atoms with E-state index < -0.39 is 11.5 Å². The molecule has 0 amide bonds. The molecule has 3 N–H and O–H groups in total. The van der Waals surface area contributed by atoms with Gasteiger partial charge in [0.1, 0.15) is 9.88 Å². The molecule has 90 valence electrons. The first-order valence-electron chi connectivity index (χ1n) is 4.99. The number of hydrogen-bond donors (Lipinski definition) is 2. The first-order chi connectivity index (χ1) is 7.42. The third-order valence-electron chi connectivity index (χ3n) is 2.15. The van der Waals surface area contributed by atoms with Gasteiger partial charge in [-0.05, 0) is 26.7 Å². The van der Waals surface area contributed by atoms with E-state index in [1.807, 2.05) is 12.3 Å². The molecule has 0 radical (unpaired) electrons. The van der Waals surface area contributed by atoms with Crippen molar-refractivity contribution in [1.82, 2.24) is 4.98 Å². The number of carboxylic acid groups (broad SMARTS) is 1. The van der Waals surface area contributed by atoms with Crippen molar-refractivity contribution in [2.24, 2.45) is 5.73 Å². The van der Waals surface area contributed by atoms with Crippen LogP contribution in [0.3, 0.4) is 0 Å². The summed E-state index contributed by atoms with van der Waals surface area (Å²) in [5.74, 6) is -0.0879. The largest absolute Gasteiger partial charge is 0.480 e. The average Bonchev–Trinajstić information content (AvgIpc) is 2.59. The Kier molecular flexibility index (Phi) is 4.76. The molecule has 1 rings (SSSR count). The Bertz CT molecular complexity index is 363. The second kappa shape index (κ2) is 5.65. The summed E-state index contributed by atoms with van der Waals surface area (Å²) in [6, 6.07) is 0. The van der Waals surface area contributed by atoms with Gasteiger partial charge in [-0.3, -0.25) is 4.79 Å². The van der Waals surface area contributed by atoms with E-state index in [0.29, 0.717) is 6.42 Å². The zero-order valence-corrected chi connectivity index (χ0v) is 11.0. The molecule has 1 aromatic rings. The Morgan fingerprint density at radius 3 is 2.94 bits per heavy atom. The van der Waals surface area contributed by atoms with Gasteiger partial charge in [0.15, 0.2) is 0 Å². The van der Waals surface area contributed by atoms with Crippen LogP contribution in [0, 0.1) is 6.92 Å². The van der Waals surface area contributed by atoms with Crippen molar-refractivity contribution in [3.8, 4) is 0 Å². The number of carbonyl (C=O) groups is 1. The highest BCUT2D eigenvalue weighted by Crippen LogP contribution is 2.24. The number of thioether (sulfide) groups is 1. The minimum atomic E-state index is -1.11. The van der Waals surface area contributed by atoms with E-state index in [0.717, 1.165) is 22.2 Å². The molecule has 1 heterocycles. The standard InChI is InChI=1S/C10H16N2O2S2/c1-7-6-16-9(12-7)15-5-3-4-10(2,11)8(13)14/h6H,3-5,11H2,1-2H3,(H,13,14). The van der Waals surface area contributed by atoms with E-state index in [1.54, 1.807) is 30.0 Å². The minimum Gasteiger partial charge on any atom is -0.480 e. The van der Waals surface area contributed by atoms with Gasteiger partial charge in [0.25, 0.3) is 0 Å². The number of aromatic nitrogens is 1. The second-order valence-electron chi connectivity index (χ2n) is 3.93. The Balaban J connectivity index is 2.24. The number of aliphatic carboxylic acids is 1. The molecule has 0 aromatic carbocycles. The molecule has 0 saturated carbocycles. The van der Waals surface area contributed by atoms with Gasteiger partial charge in [-0.15, -0.1) is 11.3 Å². The van der Waals surface area contributed by atoms with Crippen LogP contribution in [-0.4, -0.2) is 27.4 Å². The number of nitrogens with zero attached hydrogens (tertiary/aromatic N) is 1. The Labute approximate surface area is 103 Å². The smallest absolute Gasteiger partial charge is 0.323 e. The van der Waals surface area contributed by atoms with Crippen molar-refractivity contribution < 1.29 is 9.90 Å². The van der Waals surface area contributed by atoms with Crippen LogP contribution in [0.4, 0.5) is 0 Å². The van der Waals surface area contributed by atoms with Crippen LogP contribution >= 0.6 is 23.1 Å². The molecule has 6 heteroatoms. The van der Waals surface area contributed by atoms with E-state index in [-0.39, 0.29) is 0 Å². The van der Waals surface area contributed by atoms with Crippen LogP contribution in [-0.2, 0) is 4.79 Å². The van der Waals surface area contributed by atoms with Gasteiger partial charge in [-0.2, -0.15) is 0 Å². The molecule has 1 atom stereocenters. The van der Waals surface area contributed by atoms with Gasteiger partial charge in [0.05, 0.1) is 0 Å². The number of aryl methyl sites for hydroxylation is 1. The maximum atomic E-state index is 10.7. The third kappa shape index (κ3) is 4.11. The molecule has 0 aliphatic heterocycles. The molecule has 1 aromatic heterocycles. The molecule has 0 fully saturated rings.